The zero-order valence-corrected chi connectivity index (χ0v) is 15.0. The molecule has 1 aliphatic rings. The maximum atomic E-state index is 12.4. The van der Waals surface area contributed by atoms with Crippen LogP contribution in [-0.4, -0.2) is 23.3 Å². The highest BCUT2D eigenvalue weighted by atomic mass is 16.2. The Morgan fingerprint density at radius 2 is 1.96 bits per heavy atom. The van der Waals surface area contributed by atoms with E-state index in [-0.39, 0.29) is 17.7 Å². The number of hydrogen-bond acceptors (Lipinski definition) is 3. The van der Waals surface area contributed by atoms with Crippen LogP contribution in [0.1, 0.15) is 40.9 Å². The van der Waals surface area contributed by atoms with Crippen molar-refractivity contribution in [3.8, 4) is 6.07 Å². The average Bonchev–Trinajstić information content (AvgIpc) is 2.66. The van der Waals surface area contributed by atoms with Crippen LogP contribution in [0.25, 0.3) is 0 Å². The fourth-order valence-corrected chi connectivity index (χ4v) is 3.12. The number of rotatable bonds is 3. The number of benzene rings is 2. The summed E-state index contributed by atoms with van der Waals surface area (Å²) in [5.74, 6) is -0.127. The van der Waals surface area contributed by atoms with Crippen molar-refractivity contribution in [1.29, 1.82) is 5.26 Å². The smallest absolute Gasteiger partial charge is 0.255 e. The molecular weight excluding hydrogens is 326 g/mol. The third kappa shape index (κ3) is 3.75. The molecule has 2 aromatic carbocycles. The third-order valence-corrected chi connectivity index (χ3v) is 4.54. The van der Waals surface area contributed by atoms with E-state index < -0.39 is 0 Å². The van der Waals surface area contributed by atoms with E-state index >= 15 is 0 Å². The zero-order chi connectivity index (χ0) is 18.7. The van der Waals surface area contributed by atoms with Crippen molar-refractivity contribution in [2.75, 3.05) is 11.9 Å². The average molecular weight is 347 g/mol. The standard InChI is InChI=1S/C21H21N3O2/c1-14(2)21(26)24-9-8-16-6-7-19(11-18(16)13-24)23-20(25)17-5-3-4-15(10-17)12-22/h3-7,10-11,14H,8-9,13H2,1-2H3,(H,23,25). The molecule has 1 N–H and O–H groups in total. The van der Waals surface area contributed by atoms with Crippen LogP contribution in [0.3, 0.4) is 0 Å². The quantitative estimate of drug-likeness (QED) is 0.925. The van der Waals surface area contributed by atoms with E-state index in [9.17, 15) is 9.59 Å². The van der Waals surface area contributed by atoms with Crippen LogP contribution in [-0.2, 0) is 17.8 Å². The molecule has 1 aliphatic heterocycles. The van der Waals surface area contributed by atoms with E-state index in [0.29, 0.717) is 23.4 Å². The molecule has 0 atom stereocenters. The molecule has 0 aliphatic carbocycles. The normalized spacial score (nSPS) is 13.1. The Kier molecular flexibility index (Phi) is 5.04. The Hall–Kier alpha value is -3.13. The first kappa shape index (κ1) is 17.7. The van der Waals surface area contributed by atoms with Gasteiger partial charge in [0, 0.05) is 30.3 Å². The van der Waals surface area contributed by atoms with Gasteiger partial charge in [-0.15, -0.1) is 0 Å². The molecule has 3 rings (SSSR count). The van der Waals surface area contributed by atoms with Crippen LogP contribution in [0.4, 0.5) is 5.69 Å². The topological polar surface area (TPSA) is 73.2 Å². The van der Waals surface area contributed by atoms with Gasteiger partial charge in [0.05, 0.1) is 11.6 Å². The van der Waals surface area contributed by atoms with Gasteiger partial charge in [0.1, 0.15) is 0 Å². The van der Waals surface area contributed by atoms with Gasteiger partial charge in [-0.25, -0.2) is 0 Å². The summed E-state index contributed by atoms with van der Waals surface area (Å²) in [4.78, 5) is 26.5. The van der Waals surface area contributed by atoms with Crippen LogP contribution in [0.15, 0.2) is 42.5 Å². The van der Waals surface area contributed by atoms with Crippen molar-refractivity contribution >= 4 is 17.5 Å². The minimum Gasteiger partial charge on any atom is -0.338 e. The number of nitriles is 1. The molecule has 1 heterocycles. The summed E-state index contributed by atoms with van der Waals surface area (Å²) in [5, 5.41) is 11.8. The molecular formula is C21H21N3O2. The van der Waals surface area contributed by atoms with Gasteiger partial charge in [-0.1, -0.05) is 26.0 Å². The summed E-state index contributed by atoms with van der Waals surface area (Å²) >= 11 is 0. The van der Waals surface area contributed by atoms with E-state index in [2.05, 4.69) is 5.32 Å². The molecule has 0 spiro atoms. The van der Waals surface area contributed by atoms with Crippen molar-refractivity contribution in [2.45, 2.75) is 26.8 Å². The minimum absolute atomic E-state index is 0.0214. The van der Waals surface area contributed by atoms with Crippen LogP contribution >= 0.6 is 0 Å². The summed E-state index contributed by atoms with van der Waals surface area (Å²) in [6, 6.07) is 14.5. The van der Waals surface area contributed by atoms with E-state index in [4.69, 9.17) is 5.26 Å². The largest absolute Gasteiger partial charge is 0.338 e. The van der Waals surface area contributed by atoms with Gasteiger partial charge >= 0.3 is 0 Å². The predicted molar refractivity (Wildman–Crippen MR) is 99.5 cm³/mol. The number of amides is 2. The van der Waals surface area contributed by atoms with Gasteiger partial charge in [-0.2, -0.15) is 5.26 Å². The molecule has 0 saturated heterocycles. The lowest BCUT2D eigenvalue weighted by Gasteiger charge is -2.30. The fraction of sp³-hybridized carbons (Fsp3) is 0.286. The van der Waals surface area contributed by atoms with Gasteiger partial charge in [-0.05, 0) is 47.9 Å². The molecule has 5 heteroatoms. The van der Waals surface area contributed by atoms with Gasteiger partial charge in [0.15, 0.2) is 0 Å². The van der Waals surface area contributed by atoms with Crippen LogP contribution in [0, 0.1) is 17.2 Å². The predicted octanol–water partition coefficient (Wildman–Crippen LogP) is 3.35. The van der Waals surface area contributed by atoms with E-state index in [1.54, 1.807) is 24.3 Å². The molecule has 5 nitrogen and oxygen atoms in total. The molecule has 0 bridgehead atoms. The molecule has 0 fully saturated rings. The Bertz CT molecular complexity index is 896. The summed E-state index contributed by atoms with van der Waals surface area (Å²) in [6.45, 7) is 5.12. The zero-order valence-electron chi connectivity index (χ0n) is 15.0. The van der Waals surface area contributed by atoms with E-state index in [0.717, 1.165) is 18.5 Å². The van der Waals surface area contributed by atoms with Crippen molar-refractivity contribution in [2.24, 2.45) is 5.92 Å². The lowest BCUT2D eigenvalue weighted by atomic mass is 9.98. The second-order valence-corrected chi connectivity index (χ2v) is 6.79. The Morgan fingerprint density at radius 1 is 1.15 bits per heavy atom. The van der Waals surface area contributed by atoms with Crippen LogP contribution in [0.2, 0.25) is 0 Å². The first-order valence-electron chi connectivity index (χ1n) is 8.70. The van der Waals surface area contributed by atoms with Crippen molar-refractivity contribution in [1.82, 2.24) is 4.90 Å². The lowest BCUT2D eigenvalue weighted by molar-refractivity contribution is -0.135. The van der Waals surface area contributed by atoms with Crippen LogP contribution in [0.5, 0.6) is 0 Å². The second kappa shape index (κ2) is 7.40. The fourth-order valence-electron chi connectivity index (χ4n) is 3.12. The third-order valence-electron chi connectivity index (χ3n) is 4.54. The number of carbonyl (C=O) groups is 2. The number of hydrogen-bond donors (Lipinski definition) is 1. The molecule has 26 heavy (non-hydrogen) atoms. The SMILES string of the molecule is CC(C)C(=O)N1CCc2ccc(NC(=O)c3cccc(C#N)c3)cc2C1. The van der Waals surface area contributed by atoms with Gasteiger partial charge in [-0.3, -0.25) is 9.59 Å². The van der Waals surface area contributed by atoms with Crippen molar-refractivity contribution < 1.29 is 9.59 Å². The summed E-state index contributed by atoms with van der Waals surface area (Å²) in [6.07, 6.45) is 0.826. The van der Waals surface area contributed by atoms with Gasteiger partial charge in [0.25, 0.3) is 5.91 Å². The van der Waals surface area contributed by atoms with Gasteiger partial charge in [0.2, 0.25) is 5.91 Å². The summed E-state index contributed by atoms with van der Waals surface area (Å²) in [5.41, 5.74) is 3.86. The summed E-state index contributed by atoms with van der Waals surface area (Å²) < 4.78 is 0. The lowest BCUT2D eigenvalue weighted by Crippen LogP contribution is -2.38. The molecule has 0 aromatic heterocycles. The maximum Gasteiger partial charge on any atom is 0.255 e. The number of nitrogens with zero attached hydrogens (tertiary/aromatic N) is 2. The molecule has 132 valence electrons. The Balaban J connectivity index is 1.77. The highest BCUT2D eigenvalue weighted by Gasteiger charge is 2.22. The van der Waals surface area contributed by atoms with E-state index in [1.165, 1.54) is 5.56 Å². The molecule has 0 radical (unpaired) electrons. The van der Waals surface area contributed by atoms with Crippen LogP contribution < -0.4 is 5.32 Å². The van der Waals surface area contributed by atoms with Crippen molar-refractivity contribution in [3.63, 3.8) is 0 Å². The minimum atomic E-state index is -0.257. The molecule has 2 amide bonds. The maximum absolute atomic E-state index is 12.4. The van der Waals surface area contributed by atoms with E-state index in [1.807, 2.05) is 43.0 Å². The number of nitrogens with one attached hydrogen (secondary N) is 1. The Labute approximate surface area is 153 Å². The summed E-state index contributed by atoms with van der Waals surface area (Å²) in [7, 11) is 0. The number of carbonyl (C=O) groups excluding carboxylic acids is 2. The highest BCUT2D eigenvalue weighted by molar-refractivity contribution is 6.04. The molecule has 0 saturated carbocycles. The first-order valence-corrected chi connectivity index (χ1v) is 8.70. The number of anilines is 1. The van der Waals surface area contributed by atoms with Gasteiger partial charge < -0.3 is 10.2 Å². The molecule has 0 unspecified atom stereocenters. The van der Waals surface area contributed by atoms with Crippen molar-refractivity contribution in [3.05, 3.63) is 64.7 Å². The first-order chi connectivity index (χ1) is 12.5. The Morgan fingerprint density at radius 3 is 2.69 bits per heavy atom. The second-order valence-electron chi connectivity index (χ2n) is 6.79. The number of fused-ring (bicyclic) bond motifs is 1. The monoisotopic (exact) mass is 347 g/mol. The molecule has 2 aromatic rings. The highest BCUT2D eigenvalue weighted by Crippen LogP contribution is 2.24.